The van der Waals surface area contributed by atoms with E-state index in [1.807, 2.05) is 12.1 Å². The molecule has 0 spiro atoms. The van der Waals surface area contributed by atoms with Crippen molar-refractivity contribution < 1.29 is 9.53 Å². The smallest absolute Gasteiger partial charge is 0.174 e. The number of nitrogens with zero attached hydrogens (tertiary/aromatic N) is 1. The number of Topliss-reactive ketones (excluding diaryl/α,β-unsaturated/α-hetero) is 1. The maximum atomic E-state index is 11.7. The van der Waals surface area contributed by atoms with Gasteiger partial charge in [0.1, 0.15) is 12.4 Å². The van der Waals surface area contributed by atoms with Crippen LogP contribution in [-0.4, -0.2) is 17.4 Å². The first kappa shape index (κ1) is 12.6. The number of hydrogen-bond acceptors (Lipinski definition) is 3. The van der Waals surface area contributed by atoms with Gasteiger partial charge in [-0.25, -0.2) is 0 Å². The Morgan fingerprint density at radius 2 is 1.78 bits per heavy atom. The largest absolute Gasteiger partial charge is 0.486 e. The van der Waals surface area contributed by atoms with Crippen molar-refractivity contribution >= 4 is 17.4 Å². The predicted molar refractivity (Wildman–Crippen MR) is 69.9 cm³/mol. The van der Waals surface area contributed by atoms with E-state index in [0.29, 0.717) is 17.2 Å². The Kier molecular flexibility index (Phi) is 4.31. The topological polar surface area (TPSA) is 39.2 Å². The third-order valence-electron chi connectivity index (χ3n) is 2.36. The molecule has 2 aromatic rings. The van der Waals surface area contributed by atoms with Crippen LogP contribution in [0, 0.1) is 0 Å². The van der Waals surface area contributed by atoms with Gasteiger partial charge in [-0.15, -0.1) is 0 Å². The fraction of sp³-hybridized carbons (Fsp3) is 0.143. The molecular weight excluding hydrogens is 250 g/mol. The number of hydrogen-bond donors (Lipinski definition) is 0. The number of rotatable bonds is 5. The number of halogens is 1. The lowest BCUT2D eigenvalue weighted by atomic mass is 10.1. The number of carbonyl (C=O) groups is 1. The average Bonchev–Trinajstić information content (AvgIpc) is 2.39. The Labute approximate surface area is 110 Å². The van der Waals surface area contributed by atoms with Gasteiger partial charge in [0.05, 0.1) is 0 Å². The summed E-state index contributed by atoms with van der Waals surface area (Å²) in [5.41, 5.74) is 0.940. The molecule has 0 saturated heterocycles. The highest BCUT2D eigenvalue weighted by Gasteiger charge is 2.04. The van der Waals surface area contributed by atoms with Crippen LogP contribution in [0.4, 0.5) is 0 Å². The highest BCUT2D eigenvalue weighted by Crippen LogP contribution is 2.15. The molecule has 4 heteroatoms. The first-order valence-electron chi connectivity index (χ1n) is 5.53. The lowest BCUT2D eigenvalue weighted by Crippen LogP contribution is -2.13. The van der Waals surface area contributed by atoms with Crippen molar-refractivity contribution in [2.24, 2.45) is 0 Å². The summed E-state index contributed by atoms with van der Waals surface area (Å²) in [4.78, 5) is 15.6. The van der Waals surface area contributed by atoms with Crippen molar-refractivity contribution in [3.8, 4) is 5.75 Å². The zero-order valence-electron chi connectivity index (χ0n) is 9.67. The van der Waals surface area contributed by atoms with Crippen LogP contribution < -0.4 is 4.74 Å². The highest BCUT2D eigenvalue weighted by molar-refractivity contribution is 6.30. The van der Waals surface area contributed by atoms with E-state index >= 15 is 0 Å². The maximum Gasteiger partial charge on any atom is 0.174 e. The van der Waals surface area contributed by atoms with E-state index in [1.54, 1.807) is 36.7 Å². The molecule has 1 aromatic carbocycles. The molecule has 3 nitrogen and oxygen atoms in total. The summed E-state index contributed by atoms with van der Waals surface area (Å²) in [6, 6.07) is 10.6. The predicted octanol–water partition coefficient (Wildman–Crippen LogP) is 2.93. The van der Waals surface area contributed by atoms with Gasteiger partial charge in [-0.2, -0.15) is 0 Å². The fourth-order valence-electron chi connectivity index (χ4n) is 1.47. The Morgan fingerprint density at radius 1 is 1.11 bits per heavy atom. The van der Waals surface area contributed by atoms with Crippen LogP contribution in [-0.2, 0) is 11.2 Å². The Bertz CT molecular complexity index is 511. The molecule has 2 rings (SSSR count). The molecule has 0 atom stereocenters. The molecule has 0 amide bonds. The lowest BCUT2D eigenvalue weighted by Gasteiger charge is -2.05. The van der Waals surface area contributed by atoms with Gasteiger partial charge in [0.15, 0.2) is 5.78 Å². The van der Waals surface area contributed by atoms with Crippen molar-refractivity contribution in [3.05, 3.63) is 59.4 Å². The average molecular weight is 262 g/mol. The molecule has 0 aliphatic carbocycles. The van der Waals surface area contributed by atoms with E-state index in [2.05, 4.69) is 4.98 Å². The molecule has 0 radical (unpaired) electrons. The van der Waals surface area contributed by atoms with Crippen LogP contribution in [0.2, 0.25) is 5.02 Å². The summed E-state index contributed by atoms with van der Waals surface area (Å²) in [6.45, 7) is 0.0595. The molecular formula is C14H12ClNO2. The first-order chi connectivity index (χ1) is 8.74. The number of ketones is 1. The van der Waals surface area contributed by atoms with Crippen LogP contribution >= 0.6 is 11.6 Å². The minimum atomic E-state index is 0.0242. The van der Waals surface area contributed by atoms with E-state index in [9.17, 15) is 4.79 Å². The van der Waals surface area contributed by atoms with Gasteiger partial charge in [0, 0.05) is 23.8 Å². The second kappa shape index (κ2) is 6.17. The Morgan fingerprint density at radius 3 is 2.44 bits per heavy atom. The van der Waals surface area contributed by atoms with Gasteiger partial charge in [-0.05, 0) is 42.0 Å². The monoisotopic (exact) mass is 261 g/mol. The molecule has 0 bridgehead atoms. The summed E-state index contributed by atoms with van der Waals surface area (Å²) < 4.78 is 5.37. The molecule has 18 heavy (non-hydrogen) atoms. The van der Waals surface area contributed by atoms with Crippen LogP contribution in [0.3, 0.4) is 0 Å². The van der Waals surface area contributed by atoms with Crippen molar-refractivity contribution in [3.63, 3.8) is 0 Å². The number of aromatic nitrogens is 1. The third kappa shape index (κ3) is 3.86. The van der Waals surface area contributed by atoms with E-state index in [1.165, 1.54) is 0 Å². The summed E-state index contributed by atoms with van der Waals surface area (Å²) in [5, 5.41) is 0.644. The van der Waals surface area contributed by atoms with Gasteiger partial charge < -0.3 is 4.74 Å². The van der Waals surface area contributed by atoms with Crippen molar-refractivity contribution in [1.29, 1.82) is 0 Å². The molecule has 92 valence electrons. The molecule has 0 N–H and O–H groups in total. The SMILES string of the molecule is O=C(COc1ccc(Cl)cc1)Cc1ccncc1. The van der Waals surface area contributed by atoms with Crippen LogP contribution in [0.15, 0.2) is 48.8 Å². The van der Waals surface area contributed by atoms with Crippen LogP contribution in [0.1, 0.15) is 5.56 Å². The zero-order chi connectivity index (χ0) is 12.8. The second-order valence-corrected chi connectivity index (χ2v) is 4.25. The number of benzene rings is 1. The third-order valence-corrected chi connectivity index (χ3v) is 2.62. The molecule has 0 fully saturated rings. The second-order valence-electron chi connectivity index (χ2n) is 3.81. The van der Waals surface area contributed by atoms with Crippen molar-refractivity contribution in [2.45, 2.75) is 6.42 Å². The lowest BCUT2D eigenvalue weighted by molar-refractivity contribution is -0.120. The highest BCUT2D eigenvalue weighted by atomic mass is 35.5. The summed E-state index contributed by atoms with van der Waals surface area (Å²) >= 11 is 5.75. The van der Waals surface area contributed by atoms with E-state index < -0.39 is 0 Å². The van der Waals surface area contributed by atoms with E-state index in [-0.39, 0.29) is 12.4 Å². The van der Waals surface area contributed by atoms with Gasteiger partial charge >= 0.3 is 0 Å². The molecule has 0 aliphatic rings. The van der Waals surface area contributed by atoms with E-state index in [4.69, 9.17) is 16.3 Å². The van der Waals surface area contributed by atoms with Gasteiger partial charge in [0.25, 0.3) is 0 Å². The quantitative estimate of drug-likeness (QED) is 0.831. The zero-order valence-corrected chi connectivity index (χ0v) is 10.4. The number of pyridine rings is 1. The van der Waals surface area contributed by atoms with Crippen molar-refractivity contribution in [2.75, 3.05) is 6.61 Å². The fourth-order valence-corrected chi connectivity index (χ4v) is 1.60. The normalized spacial score (nSPS) is 10.1. The Hall–Kier alpha value is -1.87. The molecule has 0 unspecified atom stereocenters. The van der Waals surface area contributed by atoms with E-state index in [0.717, 1.165) is 5.56 Å². The summed E-state index contributed by atoms with van der Waals surface area (Å²) in [7, 11) is 0. The van der Waals surface area contributed by atoms with Gasteiger partial charge in [-0.1, -0.05) is 11.6 Å². The van der Waals surface area contributed by atoms with Crippen molar-refractivity contribution in [1.82, 2.24) is 4.98 Å². The van der Waals surface area contributed by atoms with Gasteiger partial charge in [-0.3, -0.25) is 9.78 Å². The van der Waals surface area contributed by atoms with Gasteiger partial charge in [0.2, 0.25) is 0 Å². The van der Waals surface area contributed by atoms with Crippen LogP contribution in [0.5, 0.6) is 5.75 Å². The standard InChI is InChI=1S/C14H12ClNO2/c15-12-1-3-14(4-2-12)18-10-13(17)9-11-5-7-16-8-6-11/h1-8H,9-10H2. The molecule has 0 aliphatic heterocycles. The minimum Gasteiger partial charge on any atom is -0.486 e. The number of carbonyl (C=O) groups excluding carboxylic acids is 1. The molecule has 1 aromatic heterocycles. The Balaban J connectivity index is 1.83. The van der Waals surface area contributed by atoms with Crippen LogP contribution in [0.25, 0.3) is 0 Å². The molecule has 1 heterocycles. The molecule has 0 saturated carbocycles. The minimum absolute atomic E-state index is 0.0242. The summed E-state index contributed by atoms with van der Waals surface area (Å²) in [5.74, 6) is 0.665. The maximum absolute atomic E-state index is 11.7. The first-order valence-corrected chi connectivity index (χ1v) is 5.91. The number of ether oxygens (including phenoxy) is 1. The summed E-state index contributed by atoms with van der Waals surface area (Å²) in [6.07, 6.45) is 3.70.